The molecular formula is C12H11N3O2S. The van der Waals surface area contributed by atoms with E-state index in [-0.39, 0.29) is 11.7 Å². The summed E-state index contributed by atoms with van der Waals surface area (Å²) in [5.74, 6) is 0.107. The van der Waals surface area contributed by atoms with Gasteiger partial charge in [-0.1, -0.05) is 23.9 Å². The van der Waals surface area contributed by atoms with Gasteiger partial charge in [-0.2, -0.15) is 5.26 Å². The van der Waals surface area contributed by atoms with Gasteiger partial charge in [0.15, 0.2) is 5.58 Å². The number of nitrogens with zero attached hydrogens (tertiary/aromatic N) is 2. The lowest BCUT2D eigenvalue weighted by atomic mass is 10.3. The molecule has 0 saturated heterocycles. The highest BCUT2D eigenvalue weighted by Gasteiger charge is 2.08. The van der Waals surface area contributed by atoms with E-state index in [1.807, 2.05) is 30.3 Å². The van der Waals surface area contributed by atoms with Crippen molar-refractivity contribution in [3.8, 4) is 6.07 Å². The second-order valence-corrected chi connectivity index (χ2v) is 4.42. The highest BCUT2D eigenvalue weighted by molar-refractivity contribution is 7.99. The smallest absolute Gasteiger partial charge is 0.257 e. The Hall–Kier alpha value is -2.00. The number of carbonyl (C=O) groups excluding carboxylic acids is 1. The quantitative estimate of drug-likeness (QED) is 0.657. The number of thioether (sulfide) groups is 1. The van der Waals surface area contributed by atoms with Crippen LogP contribution < -0.4 is 5.32 Å². The summed E-state index contributed by atoms with van der Waals surface area (Å²) in [6, 6.07) is 9.41. The molecule has 2 rings (SSSR count). The highest BCUT2D eigenvalue weighted by Crippen LogP contribution is 2.22. The van der Waals surface area contributed by atoms with E-state index in [0.717, 1.165) is 5.52 Å². The van der Waals surface area contributed by atoms with Crippen molar-refractivity contribution in [1.29, 1.82) is 5.26 Å². The molecule has 1 amide bonds. The molecule has 6 heteroatoms. The van der Waals surface area contributed by atoms with Gasteiger partial charge >= 0.3 is 0 Å². The number of hydrogen-bond donors (Lipinski definition) is 1. The van der Waals surface area contributed by atoms with Crippen LogP contribution in [0.1, 0.15) is 6.42 Å². The van der Waals surface area contributed by atoms with Crippen molar-refractivity contribution >= 4 is 28.8 Å². The molecule has 0 spiro atoms. The number of aromatic nitrogens is 1. The largest absolute Gasteiger partial charge is 0.431 e. The molecule has 92 valence electrons. The molecule has 18 heavy (non-hydrogen) atoms. The Labute approximate surface area is 108 Å². The standard InChI is InChI=1S/C12H11N3O2S/c13-6-3-7-14-11(16)8-18-12-15-9-4-1-2-5-10(9)17-12/h1-2,4-5H,3,7-8H2,(H,14,16). The Morgan fingerprint density at radius 2 is 2.33 bits per heavy atom. The summed E-state index contributed by atoms with van der Waals surface area (Å²) in [7, 11) is 0. The Morgan fingerprint density at radius 3 is 3.11 bits per heavy atom. The molecule has 1 aromatic heterocycles. The fraction of sp³-hybridized carbons (Fsp3) is 0.250. The number of para-hydroxylation sites is 2. The summed E-state index contributed by atoms with van der Waals surface area (Å²) < 4.78 is 5.46. The average Bonchev–Trinajstić information content (AvgIpc) is 2.79. The molecule has 0 aliphatic carbocycles. The van der Waals surface area contributed by atoms with E-state index in [2.05, 4.69) is 10.3 Å². The average molecular weight is 261 g/mol. The number of carbonyl (C=O) groups is 1. The first-order valence-electron chi connectivity index (χ1n) is 5.41. The minimum absolute atomic E-state index is 0.127. The predicted octanol–water partition coefficient (Wildman–Crippen LogP) is 1.95. The van der Waals surface area contributed by atoms with Gasteiger partial charge in [0.2, 0.25) is 5.91 Å². The van der Waals surface area contributed by atoms with Gasteiger partial charge in [0.05, 0.1) is 18.2 Å². The summed E-state index contributed by atoms with van der Waals surface area (Å²) in [4.78, 5) is 15.6. The number of hydrogen-bond acceptors (Lipinski definition) is 5. The monoisotopic (exact) mass is 261 g/mol. The van der Waals surface area contributed by atoms with Crippen molar-refractivity contribution in [3.05, 3.63) is 24.3 Å². The maximum absolute atomic E-state index is 11.4. The predicted molar refractivity (Wildman–Crippen MR) is 68.0 cm³/mol. The number of rotatable bonds is 5. The maximum atomic E-state index is 11.4. The molecule has 1 N–H and O–H groups in total. The van der Waals surface area contributed by atoms with Crippen molar-refractivity contribution in [2.24, 2.45) is 0 Å². The molecule has 0 atom stereocenters. The van der Waals surface area contributed by atoms with Crippen molar-refractivity contribution < 1.29 is 9.21 Å². The van der Waals surface area contributed by atoms with Crippen molar-refractivity contribution in [3.63, 3.8) is 0 Å². The lowest BCUT2D eigenvalue weighted by molar-refractivity contribution is -0.118. The van der Waals surface area contributed by atoms with Crippen LogP contribution in [0.2, 0.25) is 0 Å². The summed E-state index contributed by atoms with van der Waals surface area (Å²) in [5, 5.41) is 11.5. The van der Waals surface area contributed by atoms with E-state index < -0.39 is 0 Å². The molecule has 0 aliphatic heterocycles. The maximum Gasteiger partial charge on any atom is 0.257 e. The Morgan fingerprint density at radius 1 is 1.50 bits per heavy atom. The van der Waals surface area contributed by atoms with Crippen LogP contribution in [0.5, 0.6) is 0 Å². The van der Waals surface area contributed by atoms with Gasteiger partial charge in [0, 0.05) is 6.54 Å². The van der Waals surface area contributed by atoms with E-state index >= 15 is 0 Å². The Bertz CT molecular complexity index is 555. The number of nitrogens with one attached hydrogen (secondary N) is 1. The molecule has 1 heterocycles. The zero-order chi connectivity index (χ0) is 12.8. The topological polar surface area (TPSA) is 78.9 Å². The van der Waals surface area contributed by atoms with E-state index in [0.29, 0.717) is 23.8 Å². The van der Waals surface area contributed by atoms with E-state index in [1.165, 1.54) is 11.8 Å². The second-order valence-electron chi connectivity index (χ2n) is 3.49. The lowest BCUT2D eigenvalue weighted by Crippen LogP contribution is -2.25. The Balaban J connectivity index is 1.86. The number of benzene rings is 1. The molecule has 0 unspecified atom stereocenters. The highest BCUT2D eigenvalue weighted by atomic mass is 32.2. The SMILES string of the molecule is N#CCCNC(=O)CSc1nc2ccccc2o1. The van der Waals surface area contributed by atoms with Gasteiger partial charge in [-0.25, -0.2) is 4.98 Å². The molecular weight excluding hydrogens is 250 g/mol. The fourth-order valence-corrected chi connectivity index (χ4v) is 2.02. The first-order chi connectivity index (χ1) is 8.79. The third-order valence-electron chi connectivity index (χ3n) is 2.16. The van der Waals surface area contributed by atoms with Crippen LogP contribution in [0, 0.1) is 11.3 Å². The minimum Gasteiger partial charge on any atom is -0.431 e. The summed E-state index contributed by atoms with van der Waals surface area (Å²) in [6.07, 6.45) is 0.319. The zero-order valence-electron chi connectivity index (χ0n) is 9.55. The third kappa shape index (κ3) is 3.25. The van der Waals surface area contributed by atoms with E-state index in [4.69, 9.17) is 9.68 Å². The van der Waals surface area contributed by atoms with Gasteiger partial charge in [-0.05, 0) is 12.1 Å². The first kappa shape index (κ1) is 12.5. The molecule has 0 bridgehead atoms. The Kier molecular flexibility index (Phi) is 4.20. The van der Waals surface area contributed by atoms with Crippen LogP contribution in [-0.2, 0) is 4.79 Å². The van der Waals surface area contributed by atoms with Crippen LogP contribution in [0.25, 0.3) is 11.1 Å². The summed E-state index contributed by atoms with van der Waals surface area (Å²) in [5.41, 5.74) is 1.50. The number of fused-ring (bicyclic) bond motifs is 1. The molecule has 0 radical (unpaired) electrons. The molecule has 0 aliphatic rings. The van der Waals surface area contributed by atoms with Crippen LogP contribution in [0.4, 0.5) is 0 Å². The summed E-state index contributed by atoms with van der Waals surface area (Å²) in [6.45, 7) is 0.378. The normalized spacial score (nSPS) is 10.2. The van der Waals surface area contributed by atoms with Crippen LogP contribution in [-0.4, -0.2) is 23.2 Å². The fourth-order valence-electron chi connectivity index (χ4n) is 1.35. The molecule has 2 aromatic rings. The first-order valence-corrected chi connectivity index (χ1v) is 6.40. The van der Waals surface area contributed by atoms with Crippen molar-refractivity contribution in [2.75, 3.05) is 12.3 Å². The number of oxazole rings is 1. The molecule has 1 aromatic carbocycles. The van der Waals surface area contributed by atoms with Gasteiger partial charge in [-0.15, -0.1) is 0 Å². The van der Waals surface area contributed by atoms with Crippen molar-refractivity contribution in [2.45, 2.75) is 11.6 Å². The zero-order valence-corrected chi connectivity index (χ0v) is 10.4. The summed E-state index contributed by atoms with van der Waals surface area (Å²) >= 11 is 1.24. The molecule has 0 fully saturated rings. The van der Waals surface area contributed by atoms with Gasteiger partial charge in [-0.3, -0.25) is 4.79 Å². The van der Waals surface area contributed by atoms with Gasteiger partial charge < -0.3 is 9.73 Å². The third-order valence-corrected chi connectivity index (χ3v) is 2.99. The number of amides is 1. The lowest BCUT2D eigenvalue weighted by Gasteiger charge is -1.99. The van der Waals surface area contributed by atoms with Crippen molar-refractivity contribution in [1.82, 2.24) is 10.3 Å². The van der Waals surface area contributed by atoms with E-state index in [9.17, 15) is 4.79 Å². The minimum atomic E-state index is -0.127. The number of nitriles is 1. The molecule has 0 saturated carbocycles. The van der Waals surface area contributed by atoms with Gasteiger partial charge in [0.1, 0.15) is 5.52 Å². The molecule has 5 nitrogen and oxygen atoms in total. The van der Waals surface area contributed by atoms with Crippen LogP contribution >= 0.6 is 11.8 Å². The van der Waals surface area contributed by atoms with Crippen LogP contribution in [0.3, 0.4) is 0 Å². The van der Waals surface area contributed by atoms with E-state index in [1.54, 1.807) is 0 Å². The van der Waals surface area contributed by atoms with Gasteiger partial charge in [0.25, 0.3) is 5.22 Å². The second kappa shape index (κ2) is 6.07. The van der Waals surface area contributed by atoms with Crippen LogP contribution in [0.15, 0.2) is 33.9 Å².